The molecule has 5 nitrogen and oxygen atoms in total. The smallest absolute Gasteiger partial charge is 0.316 e. The zero-order valence-electron chi connectivity index (χ0n) is 17.4. The van der Waals surface area contributed by atoms with Gasteiger partial charge in [0, 0.05) is 0 Å². The maximum Gasteiger partial charge on any atom is 0.316 e. The van der Waals surface area contributed by atoms with Crippen LogP contribution in [-0.2, 0) is 23.9 Å². The molecule has 0 aromatic rings. The molecule has 5 fully saturated rings. The van der Waals surface area contributed by atoms with Gasteiger partial charge in [-0.15, -0.1) is 0 Å². The Morgan fingerprint density at radius 2 is 2.10 bits per heavy atom. The van der Waals surface area contributed by atoms with Gasteiger partial charge in [-0.3, -0.25) is 14.4 Å². The van der Waals surface area contributed by atoms with Crippen molar-refractivity contribution in [1.29, 1.82) is 0 Å². The molecule has 4 aliphatic carbocycles. The van der Waals surface area contributed by atoms with Crippen LogP contribution in [0.1, 0.15) is 58.8 Å². The fourth-order valence-corrected chi connectivity index (χ4v) is 7.28. The van der Waals surface area contributed by atoms with Crippen LogP contribution in [0.2, 0.25) is 0 Å². The van der Waals surface area contributed by atoms with Crippen LogP contribution in [0.4, 0.5) is 0 Å². The first-order valence-corrected chi connectivity index (χ1v) is 12.1. The van der Waals surface area contributed by atoms with E-state index in [4.69, 9.17) is 9.47 Å². The Bertz CT molecular complexity index is 748. The van der Waals surface area contributed by atoms with Crippen LogP contribution in [0.5, 0.6) is 0 Å². The van der Waals surface area contributed by atoms with E-state index in [-0.39, 0.29) is 46.7 Å². The number of halogens is 1. The molecule has 1 aliphatic heterocycles. The summed E-state index contributed by atoms with van der Waals surface area (Å²) in [5, 5.41) is 0.102. The predicted octanol–water partition coefficient (Wildman–Crippen LogP) is 4.22. The summed E-state index contributed by atoms with van der Waals surface area (Å²) in [6, 6.07) is 0. The number of alkyl halides is 1. The van der Waals surface area contributed by atoms with Crippen molar-refractivity contribution in [2.24, 2.45) is 34.5 Å². The molecule has 5 aliphatic rings. The minimum Gasteiger partial charge on any atom is -0.465 e. The molecule has 1 heterocycles. The second kappa shape index (κ2) is 7.51. The number of rotatable bonds is 5. The molecule has 2 bridgehead atoms. The molecular weight excluding hydrogens is 436 g/mol. The summed E-state index contributed by atoms with van der Waals surface area (Å²) >= 11 is 3.19. The fourth-order valence-electron chi connectivity index (χ4n) is 7.15. The first-order chi connectivity index (χ1) is 13.8. The third kappa shape index (κ3) is 2.80. The van der Waals surface area contributed by atoms with Gasteiger partial charge in [0.25, 0.3) is 0 Å². The van der Waals surface area contributed by atoms with Crippen molar-refractivity contribution in [3.8, 4) is 0 Å². The van der Waals surface area contributed by atoms with E-state index in [2.05, 4.69) is 36.4 Å². The van der Waals surface area contributed by atoms with Crippen molar-refractivity contribution in [2.75, 3.05) is 11.9 Å². The number of ketones is 1. The van der Waals surface area contributed by atoms with E-state index >= 15 is 0 Å². The van der Waals surface area contributed by atoms with Crippen LogP contribution in [-0.4, -0.2) is 35.8 Å². The van der Waals surface area contributed by atoms with E-state index in [9.17, 15) is 14.4 Å². The first-order valence-electron chi connectivity index (χ1n) is 11.0. The molecule has 160 valence electrons. The van der Waals surface area contributed by atoms with Crippen LogP contribution in [0.15, 0.2) is 12.2 Å². The van der Waals surface area contributed by atoms with Crippen molar-refractivity contribution in [1.82, 2.24) is 0 Å². The largest absolute Gasteiger partial charge is 0.465 e. The molecule has 7 atom stereocenters. The zero-order chi connectivity index (χ0) is 21.0. The standard InChI is InChI=1S/C23H31BrO5/c1-4-5-7-22-16(13(2)12-28-21(22)27)10-18(29-19(25)11-24)23-8-6-15(9-17(22)23)14(3)20(23)26/h13,15-18H,3-12H2,1-2H3/t13-,15+,16?,17?,18-,22?,23-/m1/s1. The number of carbonyl (C=O) groups is 3. The van der Waals surface area contributed by atoms with Crippen molar-refractivity contribution >= 4 is 33.7 Å². The van der Waals surface area contributed by atoms with E-state index in [1.807, 2.05) is 0 Å². The van der Waals surface area contributed by atoms with Crippen molar-refractivity contribution in [3.63, 3.8) is 0 Å². The first kappa shape index (κ1) is 21.1. The van der Waals surface area contributed by atoms with Crippen LogP contribution in [0.3, 0.4) is 0 Å². The molecule has 0 N–H and O–H groups in total. The van der Waals surface area contributed by atoms with Crippen LogP contribution in [0.25, 0.3) is 0 Å². The quantitative estimate of drug-likeness (QED) is 0.344. The molecule has 0 radical (unpaired) electrons. The number of carbonyl (C=O) groups excluding carboxylic acids is 3. The highest BCUT2D eigenvalue weighted by atomic mass is 79.9. The molecule has 1 spiro atoms. The summed E-state index contributed by atoms with van der Waals surface area (Å²) in [6.45, 7) is 8.76. The lowest BCUT2D eigenvalue weighted by atomic mass is 9.37. The molecule has 0 aromatic carbocycles. The number of Topliss-reactive ketones (excluding diaryl/α,β-unsaturated/α-hetero) is 1. The van der Waals surface area contributed by atoms with Gasteiger partial charge in [0.05, 0.1) is 17.4 Å². The second-order valence-corrected chi connectivity index (χ2v) is 10.2. The van der Waals surface area contributed by atoms with Gasteiger partial charge >= 0.3 is 11.9 Å². The number of esters is 2. The minimum absolute atomic E-state index is 0.0257. The highest BCUT2D eigenvalue weighted by Crippen LogP contribution is 2.69. The third-order valence-corrected chi connectivity index (χ3v) is 8.91. The monoisotopic (exact) mass is 466 g/mol. The van der Waals surface area contributed by atoms with Gasteiger partial charge in [0.15, 0.2) is 5.78 Å². The highest BCUT2D eigenvalue weighted by Gasteiger charge is 2.73. The Hall–Kier alpha value is -1.17. The molecule has 29 heavy (non-hydrogen) atoms. The lowest BCUT2D eigenvalue weighted by Gasteiger charge is -2.66. The van der Waals surface area contributed by atoms with Crippen LogP contribution < -0.4 is 0 Å². The van der Waals surface area contributed by atoms with E-state index in [1.165, 1.54) is 0 Å². The number of fused-ring (bicyclic) bond motifs is 3. The fraction of sp³-hybridized carbons (Fsp3) is 0.783. The van der Waals surface area contributed by atoms with E-state index in [1.54, 1.807) is 0 Å². The van der Waals surface area contributed by atoms with Crippen molar-refractivity contribution < 1.29 is 23.9 Å². The highest BCUT2D eigenvalue weighted by molar-refractivity contribution is 9.09. The Morgan fingerprint density at radius 1 is 1.34 bits per heavy atom. The SMILES string of the molecule is C=C1C(=O)[C@]23CC[C@H]1CC2C1(CCCC)C(=O)OC[C@@H](C)C1C[C@H]3OC(=O)CBr. The number of allylic oxidation sites excluding steroid dienone is 1. The average Bonchev–Trinajstić information content (AvgIpc) is 2.73. The summed E-state index contributed by atoms with van der Waals surface area (Å²) < 4.78 is 11.7. The molecule has 0 amide bonds. The summed E-state index contributed by atoms with van der Waals surface area (Å²) in [7, 11) is 0. The number of unbranched alkanes of at least 4 members (excludes halogenated alkanes) is 1. The Kier molecular flexibility index (Phi) is 5.46. The number of ether oxygens (including phenoxy) is 2. The van der Waals surface area contributed by atoms with Gasteiger partial charge in [-0.2, -0.15) is 0 Å². The lowest BCUT2D eigenvalue weighted by molar-refractivity contribution is -0.234. The minimum atomic E-state index is -0.829. The molecule has 5 rings (SSSR count). The molecule has 4 saturated carbocycles. The number of hydrogen-bond acceptors (Lipinski definition) is 5. The maximum atomic E-state index is 13.6. The molecule has 0 aromatic heterocycles. The van der Waals surface area contributed by atoms with Gasteiger partial charge in [-0.25, -0.2) is 0 Å². The summed E-state index contributed by atoms with van der Waals surface area (Å²) in [5.74, 6) is -0.205. The van der Waals surface area contributed by atoms with E-state index < -0.39 is 16.9 Å². The zero-order valence-corrected chi connectivity index (χ0v) is 19.0. The Balaban J connectivity index is 1.87. The average molecular weight is 467 g/mol. The van der Waals surface area contributed by atoms with Crippen LogP contribution >= 0.6 is 15.9 Å². The van der Waals surface area contributed by atoms with Gasteiger partial charge in [-0.05, 0) is 61.3 Å². The lowest BCUT2D eigenvalue weighted by Crippen LogP contribution is -2.70. The summed E-state index contributed by atoms with van der Waals surface area (Å²) in [6.07, 6.45) is 5.05. The Morgan fingerprint density at radius 3 is 2.79 bits per heavy atom. The van der Waals surface area contributed by atoms with Gasteiger partial charge in [0.2, 0.25) is 0 Å². The van der Waals surface area contributed by atoms with Gasteiger partial charge < -0.3 is 9.47 Å². The third-order valence-electron chi connectivity index (χ3n) is 8.45. The van der Waals surface area contributed by atoms with Gasteiger partial charge in [0.1, 0.15) is 11.4 Å². The van der Waals surface area contributed by atoms with E-state index in [0.29, 0.717) is 25.0 Å². The molecular formula is C23H31BrO5. The van der Waals surface area contributed by atoms with Crippen molar-refractivity contribution in [2.45, 2.75) is 64.9 Å². The second-order valence-electron chi connectivity index (χ2n) is 9.59. The normalized spacial score (nSPS) is 43.4. The van der Waals surface area contributed by atoms with Crippen molar-refractivity contribution in [3.05, 3.63) is 12.2 Å². The topological polar surface area (TPSA) is 69.7 Å². The molecule has 6 heteroatoms. The summed E-state index contributed by atoms with van der Waals surface area (Å²) in [4.78, 5) is 39.4. The summed E-state index contributed by atoms with van der Waals surface area (Å²) in [5.41, 5.74) is -0.821. The number of hydrogen-bond donors (Lipinski definition) is 0. The van der Waals surface area contributed by atoms with E-state index in [0.717, 1.165) is 32.1 Å². The maximum absolute atomic E-state index is 13.6. The van der Waals surface area contributed by atoms with Crippen LogP contribution in [0, 0.1) is 34.5 Å². The Labute approximate surface area is 181 Å². The number of cyclic esters (lactones) is 1. The van der Waals surface area contributed by atoms with Gasteiger partial charge in [-0.1, -0.05) is 49.2 Å². The molecule has 3 unspecified atom stereocenters. The predicted molar refractivity (Wildman–Crippen MR) is 111 cm³/mol. The molecule has 1 saturated heterocycles.